The van der Waals surface area contributed by atoms with Crippen LogP contribution < -0.4 is 5.32 Å². The van der Waals surface area contributed by atoms with E-state index in [1.807, 2.05) is 6.92 Å². The van der Waals surface area contributed by atoms with E-state index >= 15 is 0 Å². The third-order valence-electron chi connectivity index (χ3n) is 3.12. The lowest BCUT2D eigenvalue weighted by Crippen LogP contribution is -2.21. The largest absolute Gasteiger partial charge is 0.481 e. The first-order valence-corrected chi connectivity index (χ1v) is 4.15. The molecule has 0 aromatic heterocycles. The van der Waals surface area contributed by atoms with E-state index in [1.165, 1.54) is 0 Å². The number of carboxylic acid groups (broad SMARTS) is 1. The maximum absolute atomic E-state index is 10.6. The fraction of sp³-hybridized carbons (Fsp3) is 0.875. The molecule has 2 aliphatic rings. The lowest BCUT2D eigenvalue weighted by Gasteiger charge is -2.07. The van der Waals surface area contributed by atoms with Crippen molar-refractivity contribution in [1.29, 1.82) is 0 Å². The van der Waals surface area contributed by atoms with Crippen molar-refractivity contribution >= 4 is 18.4 Å². The first kappa shape index (κ1) is 9.81. The molecule has 1 saturated carbocycles. The van der Waals surface area contributed by atoms with E-state index in [0.29, 0.717) is 17.8 Å². The van der Waals surface area contributed by atoms with E-state index in [1.54, 1.807) is 0 Å². The van der Waals surface area contributed by atoms with Crippen LogP contribution in [0.15, 0.2) is 0 Å². The van der Waals surface area contributed by atoms with Crippen LogP contribution in [0, 0.1) is 23.7 Å². The van der Waals surface area contributed by atoms with Gasteiger partial charge in [-0.1, -0.05) is 6.92 Å². The van der Waals surface area contributed by atoms with E-state index in [2.05, 4.69) is 5.32 Å². The molecule has 1 aliphatic heterocycles. The van der Waals surface area contributed by atoms with Gasteiger partial charge in [-0.25, -0.2) is 0 Å². The Labute approximate surface area is 77.9 Å². The number of carbonyl (C=O) groups is 1. The monoisotopic (exact) mass is 191 g/mol. The van der Waals surface area contributed by atoms with Gasteiger partial charge in [-0.15, -0.1) is 12.4 Å². The Kier molecular flexibility index (Phi) is 2.64. The van der Waals surface area contributed by atoms with Crippen molar-refractivity contribution in [2.45, 2.75) is 6.92 Å². The lowest BCUT2D eigenvalue weighted by atomic mass is 10.0. The van der Waals surface area contributed by atoms with Crippen molar-refractivity contribution in [2.75, 3.05) is 13.1 Å². The summed E-state index contributed by atoms with van der Waals surface area (Å²) in [6.07, 6.45) is 0. The fourth-order valence-electron chi connectivity index (χ4n) is 2.37. The summed E-state index contributed by atoms with van der Waals surface area (Å²) in [7, 11) is 0. The van der Waals surface area contributed by atoms with Crippen LogP contribution in [0.5, 0.6) is 0 Å². The number of nitrogens with one attached hydrogen (secondary N) is 1. The van der Waals surface area contributed by atoms with Crippen molar-refractivity contribution in [3.63, 3.8) is 0 Å². The zero-order valence-electron chi connectivity index (χ0n) is 6.99. The Balaban J connectivity index is 0.000000720. The highest BCUT2D eigenvalue weighted by Crippen LogP contribution is 2.52. The Bertz CT molecular complexity index is 187. The zero-order chi connectivity index (χ0) is 8.01. The molecule has 4 heteroatoms. The Morgan fingerprint density at radius 3 is 2.42 bits per heavy atom. The number of hydrogen-bond donors (Lipinski definition) is 2. The number of rotatable bonds is 2. The zero-order valence-corrected chi connectivity index (χ0v) is 7.80. The lowest BCUT2D eigenvalue weighted by molar-refractivity contribution is -0.142. The summed E-state index contributed by atoms with van der Waals surface area (Å²) in [5.41, 5.74) is 0. The van der Waals surface area contributed by atoms with Crippen molar-refractivity contribution < 1.29 is 9.90 Å². The molecule has 0 aromatic carbocycles. The van der Waals surface area contributed by atoms with E-state index in [9.17, 15) is 4.79 Å². The number of carboxylic acids is 1. The third kappa shape index (κ3) is 1.31. The Hall–Kier alpha value is -0.280. The number of aliphatic carboxylic acids is 1. The van der Waals surface area contributed by atoms with Gasteiger partial charge >= 0.3 is 5.97 Å². The Morgan fingerprint density at radius 2 is 2.00 bits per heavy atom. The summed E-state index contributed by atoms with van der Waals surface area (Å²) in [5, 5.41) is 12.0. The van der Waals surface area contributed by atoms with Gasteiger partial charge in [0.2, 0.25) is 0 Å². The minimum atomic E-state index is -0.635. The second-order valence-corrected chi connectivity index (χ2v) is 3.69. The average Bonchev–Trinajstić information content (AvgIpc) is 2.41. The molecule has 1 aliphatic carbocycles. The molecule has 1 heterocycles. The molecule has 0 bridgehead atoms. The van der Waals surface area contributed by atoms with E-state index in [0.717, 1.165) is 13.1 Å². The van der Waals surface area contributed by atoms with Crippen LogP contribution in [0.1, 0.15) is 6.92 Å². The summed E-state index contributed by atoms with van der Waals surface area (Å²) >= 11 is 0. The van der Waals surface area contributed by atoms with Gasteiger partial charge in [0.15, 0.2) is 0 Å². The quantitative estimate of drug-likeness (QED) is 0.672. The minimum Gasteiger partial charge on any atom is -0.481 e. The smallest absolute Gasteiger partial charge is 0.306 e. The van der Waals surface area contributed by atoms with Crippen LogP contribution in [-0.4, -0.2) is 24.2 Å². The highest BCUT2D eigenvalue weighted by molar-refractivity contribution is 5.85. The normalized spacial score (nSPS) is 39.6. The average molecular weight is 192 g/mol. The Morgan fingerprint density at radius 1 is 1.50 bits per heavy atom. The molecule has 2 N–H and O–H groups in total. The van der Waals surface area contributed by atoms with Gasteiger partial charge in [-0.05, 0) is 30.8 Å². The van der Waals surface area contributed by atoms with Crippen molar-refractivity contribution in [3.05, 3.63) is 0 Å². The molecule has 2 rings (SSSR count). The maximum Gasteiger partial charge on any atom is 0.306 e. The first-order valence-electron chi connectivity index (χ1n) is 4.15. The first-order chi connectivity index (χ1) is 5.22. The van der Waals surface area contributed by atoms with Gasteiger partial charge in [0, 0.05) is 0 Å². The summed E-state index contributed by atoms with van der Waals surface area (Å²) in [4.78, 5) is 10.6. The van der Waals surface area contributed by atoms with Crippen LogP contribution in [0.2, 0.25) is 0 Å². The molecule has 1 unspecified atom stereocenters. The van der Waals surface area contributed by atoms with Gasteiger partial charge in [-0.2, -0.15) is 0 Å². The van der Waals surface area contributed by atoms with Crippen molar-refractivity contribution in [3.8, 4) is 0 Å². The summed E-state index contributed by atoms with van der Waals surface area (Å²) < 4.78 is 0. The van der Waals surface area contributed by atoms with Crippen LogP contribution >= 0.6 is 12.4 Å². The third-order valence-corrected chi connectivity index (χ3v) is 3.12. The number of fused-ring (bicyclic) bond motifs is 1. The predicted octanol–water partition coefficient (Wildman–Crippen LogP) is 0.594. The van der Waals surface area contributed by atoms with Gasteiger partial charge < -0.3 is 10.4 Å². The van der Waals surface area contributed by atoms with Crippen LogP contribution in [0.4, 0.5) is 0 Å². The van der Waals surface area contributed by atoms with Crippen LogP contribution in [0.3, 0.4) is 0 Å². The molecule has 0 amide bonds. The molecular weight excluding hydrogens is 178 g/mol. The van der Waals surface area contributed by atoms with Crippen molar-refractivity contribution in [2.24, 2.45) is 23.7 Å². The molecule has 0 aromatic rings. The molecule has 0 spiro atoms. The summed E-state index contributed by atoms with van der Waals surface area (Å²) in [5.74, 6) is 1.03. The highest BCUT2D eigenvalue weighted by atomic mass is 35.5. The van der Waals surface area contributed by atoms with Crippen LogP contribution in [0.25, 0.3) is 0 Å². The SMILES string of the molecule is CC(C(=O)O)[C@@H]1[C@@H]2CNC[C@@H]21.Cl. The minimum absolute atomic E-state index is 0. The van der Waals surface area contributed by atoms with E-state index in [4.69, 9.17) is 5.11 Å². The summed E-state index contributed by atoms with van der Waals surface area (Å²) in [6, 6.07) is 0. The molecule has 2 fully saturated rings. The van der Waals surface area contributed by atoms with Crippen LogP contribution in [-0.2, 0) is 4.79 Å². The molecular formula is C8H14ClNO2. The topological polar surface area (TPSA) is 49.3 Å². The predicted molar refractivity (Wildman–Crippen MR) is 47.4 cm³/mol. The number of hydrogen-bond acceptors (Lipinski definition) is 2. The highest BCUT2D eigenvalue weighted by Gasteiger charge is 2.56. The second-order valence-electron chi connectivity index (χ2n) is 3.69. The molecule has 1 saturated heterocycles. The molecule has 3 nitrogen and oxygen atoms in total. The molecule has 70 valence electrons. The maximum atomic E-state index is 10.6. The van der Waals surface area contributed by atoms with E-state index < -0.39 is 5.97 Å². The van der Waals surface area contributed by atoms with E-state index in [-0.39, 0.29) is 18.3 Å². The van der Waals surface area contributed by atoms with Gasteiger partial charge in [-0.3, -0.25) is 4.79 Å². The second kappa shape index (κ2) is 3.23. The van der Waals surface area contributed by atoms with Gasteiger partial charge in [0.1, 0.15) is 0 Å². The van der Waals surface area contributed by atoms with Gasteiger partial charge in [0.05, 0.1) is 5.92 Å². The molecule has 0 radical (unpaired) electrons. The molecule has 12 heavy (non-hydrogen) atoms. The summed E-state index contributed by atoms with van der Waals surface area (Å²) in [6.45, 7) is 3.89. The number of halogens is 1. The van der Waals surface area contributed by atoms with Crippen molar-refractivity contribution in [1.82, 2.24) is 5.32 Å². The number of piperidine rings is 1. The standard InChI is InChI=1S/C8H13NO2.ClH/c1-4(8(10)11)7-5-2-9-3-6(5)7;/h4-7,9H,2-3H2,1H3,(H,10,11);1H/t4?,5-,6+,7-;. The fourth-order valence-corrected chi connectivity index (χ4v) is 2.37. The molecule has 4 atom stereocenters. The van der Waals surface area contributed by atoms with Gasteiger partial charge in [0.25, 0.3) is 0 Å².